The topological polar surface area (TPSA) is 67.6 Å². The van der Waals surface area contributed by atoms with Crippen molar-refractivity contribution >= 4 is 5.91 Å². The van der Waals surface area contributed by atoms with E-state index in [2.05, 4.69) is 10.5 Å². The highest BCUT2D eigenvalue weighted by atomic mass is 16.5. The highest BCUT2D eigenvalue weighted by Gasteiger charge is 2.36. The maximum absolute atomic E-state index is 12.4. The molecule has 0 aliphatic carbocycles. The smallest absolute Gasteiger partial charge is 0.276 e. The minimum atomic E-state index is -0.0672. The van der Waals surface area contributed by atoms with Gasteiger partial charge in [-0.3, -0.25) is 4.79 Å². The summed E-state index contributed by atoms with van der Waals surface area (Å²) in [5.74, 6) is 0.511. The predicted octanol–water partition coefficient (Wildman–Crippen LogP) is 1.18. The Bertz CT molecular complexity index is 476. The number of fused-ring (bicyclic) bond motifs is 2. The van der Waals surface area contributed by atoms with E-state index in [1.165, 1.54) is 12.8 Å². The molecule has 2 atom stereocenters. The quantitative estimate of drug-likeness (QED) is 0.896. The van der Waals surface area contributed by atoms with E-state index in [-0.39, 0.29) is 5.91 Å². The third-order valence-electron chi connectivity index (χ3n) is 4.38. The van der Waals surface area contributed by atoms with Gasteiger partial charge in [0.25, 0.3) is 5.91 Å². The highest BCUT2D eigenvalue weighted by molar-refractivity contribution is 5.92. The molecule has 110 valence electrons. The van der Waals surface area contributed by atoms with Gasteiger partial charge in [0.2, 0.25) is 0 Å². The molecule has 0 radical (unpaired) electrons. The Labute approximate surface area is 118 Å². The van der Waals surface area contributed by atoms with E-state index in [0.717, 1.165) is 12.8 Å². The minimum Gasteiger partial charge on any atom is -0.377 e. The molecule has 0 saturated carbocycles. The maximum atomic E-state index is 12.4. The average molecular weight is 279 g/mol. The summed E-state index contributed by atoms with van der Waals surface area (Å²) in [5, 5.41) is 7.43. The number of aromatic nitrogens is 1. The summed E-state index contributed by atoms with van der Waals surface area (Å²) >= 11 is 0. The van der Waals surface area contributed by atoms with E-state index in [4.69, 9.17) is 9.26 Å². The lowest BCUT2D eigenvalue weighted by Crippen LogP contribution is -2.48. The van der Waals surface area contributed by atoms with E-state index < -0.39 is 0 Å². The van der Waals surface area contributed by atoms with Crippen molar-refractivity contribution in [1.82, 2.24) is 15.4 Å². The minimum absolute atomic E-state index is 0.0672. The van der Waals surface area contributed by atoms with Crippen molar-refractivity contribution in [2.45, 2.75) is 50.4 Å². The van der Waals surface area contributed by atoms with Crippen molar-refractivity contribution < 1.29 is 14.1 Å². The molecule has 3 rings (SSSR count). The molecule has 1 aromatic heterocycles. The Morgan fingerprint density at radius 1 is 1.50 bits per heavy atom. The molecule has 1 aromatic rings. The van der Waals surface area contributed by atoms with Gasteiger partial charge in [-0.05, 0) is 25.7 Å². The van der Waals surface area contributed by atoms with Gasteiger partial charge in [-0.1, -0.05) is 5.16 Å². The largest absolute Gasteiger partial charge is 0.377 e. The molecule has 3 heterocycles. The van der Waals surface area contributed by atoms with Crippen molar-refractivity contribution in [3.05, 3.63) is 17.5 Å². The number of piperidine rings is 1. The first-order valence-electron chi connectivity index (χ1n) is 7.15. The molecule has 2 unspecified atom stereocenters. The van der Waals surface area contributed by atoms with Crippen molar-refractivity contribution in [3.8, 4) is 0 Å². The first-order valence-corrected chi connectivity index (χ1v) is 7.15. The predicted molar refractivity (Wildman–Crippen MR) is 72.3 cm³/mol. The number of rotatable bonds is 4. The molecule has 6 heteroatoms. The third-order valence-corrected chi connectivity index (χ3v) is 4.38. The summed E-state index contributed by atoms with van der Waals surface area (Å²) in [7, 11) is 3.45. The zero-order chi connectivity index (χ0) is 14.1. The number of methoxy groups -OCH3 is 1. The average Bonchev–Trinajstić information content (AvgIpc) is 3.04. The Morgan fingerprint density at radius 3 is 2.85 bits per heavy atom. The van der Waals surface area contributed by atoms with Gasteiger partial charge in [0.05, 0.1) is 0 Å². The molecule has 6 nitrogen and oxygen atoms in total. The van der Waals surface area contributed by atoms with E-state index >= 15 is 0 Å². The summed E-state index contributed by atoms with van der Waals surface area (Å²) in [6.45, 7) is 0.335. The van der Waals surface area contributed by atoms with Crippen LogP contribution in [0.15, 0.2) is 10.6 Å². The number of amides is 1. The molecule has 20 heavy (non-hydrogen) atoms. The summed E-state index contributed by atoms with van der Waals surface area (Å²) in [4.78, 5) is 14.3. The number of carbonyl (C=O) groups is 1. The molecular formula is C14H21N3O3. The van der Waals surface area contributed by atoms with Crippen LogP contribution in [0.4, 0.5) is 0 Å². The monoisotopic (exact) mass is 279 g/mol. The van der Waals surface area contributed by atoms with Gasteiger partial charge in [0, 0.05) is 38.3 Å². The second-order valence-electron chi connectivity index (χ2n) is 5.79. The number of hydrogen-bond acceptors (Lipinski definition) is 5. The second-order valence-corrected chi connectivity index (χ2v) is 5.79. The van der Waals surface area contributed by atoms with Gasteiger partial charge < -0.3 is 19.5 Å². The molecule has 0 spiro atoms. The van der Waals surface area contributed by atoms with Gasteiger partial charge in [-0.2, -0.15) is 0 Å². The molecule has 1 amide bonds. The fourth-order valence-corrected chi connectivity index (χ4v) is 3.31. The van der Waals surface area contributed by atoms with E-state index in [1.54, 1.807) is 13.2 Å². The van der Waals surface area contributed by atoms with Crippen LogP contribution in [-0.2, 0) is 11.3 Å². The Morgan fingerprint density at radius 2 is 2.20 bits per heavy atom. The zero-order valence-electron chi connectivity index (χ0n) is 12.0. The van der Waals surface area contributed by atoms with Gasteiger partial charge in [-0.25, -0.2) is 0 Å². The lowest BCUT2D eigenvalue weighted by molar-refractivity contribution is 0.0671. The number of hydrogen-bond donors (Lipinski definition) is 1. The van der Waals surface area contributed by atoms with Crippen LogP contribution in [0.25, 0.3) is 0 Å². The van der Waals surface area contributed by atoms with Crippen molar-refractivity contribution in [2.24, 2.45) is 0 Å². The van der Waals surface area contributed by atoms with Crippen molar-refractivity contribution in [3.63, 3.8) is 0 Å². The summed E-state index contributed by atoms with van der Waals surface area (Å²) in [5.41, 5.74) is 0.366. The van der Waals surface area contributed by atoms with Gasteiger partial charge in [0.15, 0.2) is 11.5 Å². The fraction of sp³-hybridized carbons (Fsp3) is 0.714. The number of ether oxygens (including phenoxy) is 1. The van der Waals surface area contributed by atoms with Crippen LogP contribution in [0.1, 0.15) is 41.9 Å². The number of carbonyl (C=O) groups excluding carboxylic acids is 1. The van der Waals surface area contributed by atoms with Crippen LogP contribution < -0.4 is 5.32 Å². The van der Waals surface area contributed by atoms with E-state index in [1.807, 2.05) is 11.9 Å². The van der Waals surface area contributed by atoms with Crippen molar-refractivity contribution in [1.29, 1.82) is 0 Å². The molecule has 0 aromatic carbocycles. The Hall–Kier alpha value is -1.40. The Kier molecular flexibility index (Phi) is 3.76. The van der Waals surface area contributed by atoms with Gasteiger partial charge in [0.1, 0.15) is 6.61 Å². The Balaban J connectivity index is 1.66. The number of nitrogens with zero attached hydrogens (tertiary/aromatic N) is 2. The molecule has 2 saturated heterocycles. The standard InChI is InChI=1S/C14H21N3O3/c1-17(11-5-9-3-4-10(6-11)15-9)14(18)13-7-12(8-19-2)20-16-13/h7,9-11,15H,3-6,8H2,1-2H3. The normalized spacial score (nSPS) is 28.6. The zero-order valence-corrected chi connectivity index (χ0v) is 12.0. The first-order chi connectivity index (χ1) is 9.67. The summed E-state index contributed by atoms with van der Waals surface area (Å²) in [6, 6.07) is 3.09. The molecule has 2 bridgehead atoms. The lowest BCUT2D eigenvalue weighted by Gasteiger charge is -2.35. The van der Waals surface area contributed by atoms with E-state index in [0.29, 0.717) is 36.2 Å². The second kappa shape index (κ2) is 5.54. The third kappa shape index (κ3) is 2.58. The SMILES string of the molecule is COCc1cc(C(=O)N(C)C2CC3CCC(C2)N3)no1. The highest BCUT2D eigenvalue weighted by Crippen LogP contribution is 2.29. The molecule has 1 N–H and O–H groups in total. The van der Waals surface area contributed by atoms with Crippen LogP contribution in [0.3, 0.4) is 0 Å². The summed E-state index contributed by atoms with van der Waals surface area (Å²) < 4.78 is 10.1. The van der Waals surface area contributed by atoms with Crippen LogP contribution in [0, 0.1) is 0 Å². The van der Waals surface area contributed by atoms with Crippen LogP contribution in [0.5, 0.6) is 0 Å². The van der Waals surface area contributed by atoms with Crippen LogP contribution in [-0.4, -0.2) is 48.2 Å². The fourth-order valence-electron chi connectivity index (χ4n) is 3.31. The van der Waals surface area contributed by atoms with Crippen molar-refractivity contribution in [2.75, 3.05) is 14.2 Å². The molecule has 2 fully saturated rings. The number of nitrogens with one attached hydrogen (secondary N) is 1. The maximum Gasteiger partial charge on any atom is 0.276 e. The van der Waals surface area contributed by atoms with E-state index in [9.17, 15) is 4.79 Å². The van der Waals surface area contributed by atoms with Crippen LogP contribution in [0.2, 0.25) is 0 Å². The molecule has 2 aliphatic heterocycles. The van der Waals surface area contributed by atoms with Crippen LogP contribution >= 0.6 is 0 Å². The van der Waals surface area contributed by atoms with Gasteiger partial charge >= 0.3 is 0 Å². The lowest BCUT2D eigenvalue weighted by atomic mass is 9.98. The van der Waals surface area contributed by atoms with Gasteiger partial charge in [-0.15, -0.1) is 0 Å². The summed E-state index contributed by atoms with van der Waals surface area (Å²) in [6.07, 6.45) is 4.51. The first kappa shape index (κ1) is 13.6. The molecular weight excluding hydrogens is 258 g/mol. The molecule has 2 aliphatic rings.